The Morgan fingerprint density at radius 3 is 1.62 bits per heavy atom. The molecule has 0 aliphatic heterocycles. The monoisotopic (exact) mass is 508 g/mol. The molecular formula is C38H24N2. The molecule has 40 heavy (non-hydrogen) atoms. The number of benzene rings is 6. The zero-order valence-corrected chi connectivity index (χ0v) is 21.8. The van der Waals surface area contributed by atoms with Crippen molar-refractivity contribution in [3.63, 3.8) is 0 Å². The predicted molar refractivity (Wildman–Crippen MR) is 168 cm³/mol. The molecule has 0 atom stereocenters. The Morgan fingerprint density at radius 1 is 0.350 bits per heavy atom. The third-order valence-corrected chi connectivity index (χ3v) is 7.84. The summed E-state index contributed by atoms with van der Waals surface area (Å²) < 4.78 is 0. The number of para-hydroxylation sites is 1. The molecule has 0 aliphatic rings. The fraction of sp³-hybridized carbons (Fsp3) is 0. The minimum atomic E-state index is 0.878. The maximum atomic E-state index is 5.11. The first-order valence-electron chi connectivity index (χ1n) is 13.6. The highest BCUT2D eigenvalue weighted by Gasteiger charge is 2.13. The molecule has 2 heteroatoms. The largest absolute Gasteiger partial charge is 0.246 e. The van der Waals surface area contributed by atoms with Crippen LogP contribution in [-0.4, -0.2) is 9.97 Å². The summed E-state index contributed by atoms with van der Waals surface area (Å²) in [5.41, 5.74) is 7.27. The van der Waals surface area contributed by atoms with Crippen molar-refractivity contribution in [3.8, 4) is 33.8 Å². The Labute approximate surface area is 232 Å². The Kier molecular flexibility index (Phi) is 5.17. The van der Waals surface area contributed by atoms with Gasteiger partial charge in [0.15, 0.2) is 0 Å². The number of hydrogen-bond acceptors (Lipinski definition) is 2. The number of pyridine rings is 2. The standard InChI is InChI=1S/C38H24N2/c1-3-12-29-27(10-1)24-28-11-2-4-13-30(28)37(29)26-22-20-25(21-23-26)34-18-9-19-36(39-34)38-33-16-6-5-14-31(33)32-15-7-8-17-35(32)40-38/h1-24H. The van der Waals surface area contributed by atoms with Crippen LogP contribution in [0.3, 0.4) is 0 Å². The van der Waals surface area contributed by atoms with Gasteiger partial charge in [-0.05, 0) is 62.3 Å². The summed E-state index contributed by atoms with van der Waals surface area (Å²) in [7, 11) is 0. The lowest BCUT2D eigenvalue weighted by Crippen LogP contribution is -1.93. The van der Waals surface area contributed by atoms with Gasteiger partial charge in [-0.1, -0.05) is 121 Å². The van der Waals surface area contributed by atoms with E-state index in [-0.39, 0.29) is 0 Å². The van der Waals surface area contributed by atoms with Crippen molar-refractivity contribution in [1.29, 1.82) is 0 Å². The average molecular weight is 509 g/mol. The number of nitrogens with zero attached hydrogens (tertiary/aromatic N) is 2. The fourth-order valence-electron chi connectivity index (χ4n) is 5.96. The molecule has 2 aromatic heterocycles. The van der Waals surface area contributed by atoms with Crippen molar-refractivity contribution in [1.82, 2.24) is 9.97 Å². The third kappa shape index (κ3) is 3.65. The minimum absolute atomic E-state index is 0.878. The van der Waals surface area contributed by atoms with Crippen LogP contribution in [0.5, 0.6) is 0 Å². The normalized spacial score (nSPS) is 11.5. The van der Waals surface area contributed by atoms with Crippen LogP contribution < -0.4 is 0 Å². The van der Waals surface area contributed by atoms with Gasteiger partial charge in [-0.3, -0.25) is 0 Å². The molecule has 0 spiro atoms. The molecule has 2 nitrogen and oxygen atoms in total. The van der Waals surface area contributed by atoms with Crippen LogP contribution in [0, 0.1) is 0 Å². The lowest BCUT2D eigenvalue weighted by molar-refractivity contribution is 1.29. The minimum Gasteiger partial charge on any atom is -0.246 e. The first-order chi connectivity index (χ1) is 19.8. The molecule has 0 saturated carbocycles. The number of aromatic nitrogens is 2. The number of hydrogen-bond donors (Lipinski definition) is 0. The molecule has 0 unspecified atom stereocenters. The molecule has 8 aromatic rings. The maximum absolute atomic E-state index is 5.11. The molecule has 186 valence electrons. The van der Waals surface area contributed by atoms with Crippen LogP contribution in [0.1, 0.15) is 0 Å². The van der Waals surface area contributed by atoms with Crippen molar-refractivity contribution < 1.29 is 0 Å². The molecule has 8 rings (SSSR count). The molecule has 0 N–H and O–H groups in total. The Balaban J connectivity index is 1.25. The average Bonchev–Trinajstić information content (AvgIpc) is 3.03. The summed E-state index contributed by atoms with van der Waals surface area (Å²) in [5.74, 6) is 0. The second-order valence-corrected chi connectivity index (χ2v) is 10.2. The zero-order chi connectivity index (χ0) is 26.5. The van der Waals surface area contributed by atoms with Crippen LogP contribution >= 0.6 is 0 Å². The highest BCUT2D eigenvalue weighted by molar-refractivity contribution is 6.13. The first-order valence-corrected chi connectivity index (χ1v) is 13.6. The van der Waals surface area contributed by atoms with E-state index in [0.717, 1.165) is 38.9 Å². The van der Waals surface area contributed by atoms with Crippen molar-refractivity contribution in [2.75, 3.05) is 0 Å². The van der Waals surface area contributed by atoms with Crippen LogP contribution in [0.4, 0.5) is 0 Å². The summed E-state index contributed by atoms with van der Waals surface area (Å²) in [6.45, 7) is 0. The topological polar surface area (TPSA) is 25.8 Å². The van der Waals surface area contributed by atoms with Gasteiger partial charge in [0.25, 0.3) is 0 Å². The van der Waals surface area contributed by atoms with Gasteiger partial charge in [-0.25, -0.2) is 9.97 Å². The van der Waals surface area contributed by atoms with E-state index in [9.17, 15) is 0 Å². The molecule has 0 bridgehead atoms. The van der Waals surface area contributed by atoms with E-state index in [0.29, 0.717) is 0 Å². The molecule has 2 heterocycles. The molecule has 6 aromatic carbocycles. The molecule has 0 saturated heterocycles. The smallest absolute Gasteiger partial charge is 0.0972 e. The lowest BCUT2D eigenvalue weighted by atomic mass is 9.91. The quantitative estimate of drug-likeness (QED) is 0.175. The first kappa shape index (κ1) is 22.6. The van der Waals surface area contributed by atoms with Crippen molar-refractivity contribution >= 4 is 43.2 Å². The van der Waals surface area contributed by atoms with Crippen LogP contribution in [0.2, 0.25) is 0 Å². The second kappa shape index (κ2) is 9.14. The molecular weight excluding hydrogens is 484 g/mol. The lowest BCUT2D eigenvalue weighted by Gasteiger charge is -2.13. The summed E-state index contributed by atoms with van der Waals surface area (Å²) >= 11 is 0. The van der Waals surface area contributed by atoms with Crippen LogP contribution in [0.15, 0.2) is 146 Å². The van der Waals surface area contributed by atoms with Gasteiger partial charge in [-0.15, -0.1) is 0 Å². The van der Waals surface area contributed by atoms with E-state index in [1.807, 2.05) is 6.07 Å². The van der Waals surface area contributed by atoms with Gasteiger partial charge in [-0.2, -0.15) is 0 Å². The third-order valence-electron chi connectivity index (χ3n) is 7.84. The highest BCUT2D eigenvalue weighted by atomic mass is 14.8. The van der Waals surface area contributed by atoms with Gasteiger partial charge in [0.05, 0.1) is 22.6 Å². The van der Waals surface area contributed by atoms with E-state index in [2.05, 4.69) is 140 Å². The molecule has 0 fully saturated rings. The maximum Gasteiger partial charge on any atom is 0.0972 e. The van der Waals surface area contributed by atoms with Crippen molar-refractivity contribution in [2.24, 2.45) is 0 Å². The second-order valence-electron chi connectivity index (χ2n) is 10.2. The van der Waals surface area contributed by atoms with E-state index in [1.165, 1.54) is 38.1 Å². The summed E-state index contributed by atoms with van der Waals surface area (Å²) in [5, 5.41) is 8.52. The van der Waals surface area contributed by atoms with Crippen molar-refractivity contribution in [3.05, 3.63) is 146 Å². The van der Waals surface area contributed by atoms with Gasteiger partial charge < -0.3 is 0 Å². The Morgan fingerprint density at radius 2 is 0.900 bits per heavy atom. The van der Waals surface area contributed by atoms with Crippen LogP contribution in [0.25, 0.3) is 77.0 Å². The molecule has 0 radical (unpaired) electrons. The number of fused-ring (bicyclic) bond motifs is 5. The predicted octanol–water partition coefficient (Wildman–Crippen LogP) is 10.1. The van der Waals surface area contributed by atoms with Gasteiger partial charge in [0, 0.05) is 16.3 Å². The van der Waals surface area contributed by atoms with E-state index >= 15 is 0 Å². The Bertz CT molecular complexity index is 2160. The molecule has 0 amide bonds. The summed E-state index contributed by atoms with van der Waals surface area (Å²) in [6.07, 6.45) is 0. The summed E-state index contributed by atoms with van der Waals surface area (Å²) in [6, 6.07) is 51.4. The van der Waals surface area contributed by atoms with Crippen molar-refractivity contribution in [2.45, 2.75) is 0 Å². The highest BCUT2D eigenvalue weighted by Crippen LogP contribution is 2.37. The van der Waals surface area contributed by atoms with Gasteiger partial charge >= 0.3 is 0 Å². The SMILES string of the molecule is c1cc(-c2ccc(-c3c4ccccc4cc4ccccc34)cc2)nc(-c2nc3ccccc3c3ccccc23)c1. The van der Waals surface area contributed by atoms with E-state index in [1.54, 1.807) is 0 Å². The van der Waals surface area contributed by atoms with Crippen LogP contribution in [-0.2, 0) is 0 Å². The van der Waals surface area contributed by atoms with E-state index < -0.39 is 0 Å². The molecule has 0 aliphatic carbocycles. The fourth-order valence-corrected chi connectivity index (χ4v) is 5.96. The van der Waals surface area contributed by atoms with E-state index in [4.69, 9.17) is 9.97 Å². The van der Waals surface area contributed by atoms with Gasteiger partial charge in [0.2, 0.25) is 0 Å². The number of rotatable bonds is 3. The zero-order valence-electron chi connectivity index (χ0n) is 21.8. The Hall–Kier alpha value is -5.34. The summed E-state index contributed by atoms with van der Waals surface area (Å²) in [4.78, 5) is 10.2. The van der Waals surface area contributed by atoms with Gasteiger partial charge in [0.1, 0.15) is 0 Å².